The van der Waals surface area contributed by atoms with Crippen LogP contribution in [0.4, 0.5) is 0 Å². The Balaban J connectivity index is 2.89. The van der Waals surface area contributed by atoms with Crippen molar-refractivity contribution in [2.75, 3.05) is 12.8 Å². The van der Waals surface area contributed by atoms with E-state index in [2.05, 4.69) is 4.36 Å². The highest BCUT2D eigenvalue weighted by Gasteiger charge is 2.18. The first-order valence-electron chi connectivity index (χ1n) is 5.84. The molecule has 1 N–H and O–H groups in total. The van der Waals surface area contributed by atoms with E-state index in [1.807, 2.05) is 32.0 Å². The van der Waals surface area contributed by atoms with Crippen LogP contribution >= 0.6 is 0 Å². The summed E-state index contributed by atoms with van der Waals surface area (Å²) in [6.07, 6.45) is 0.0886. The van der Waals surface area contributed by atoms with Crippen molar-refractivity contribution in [1.29, 1.82) is 0 Å². The van der Waals surface area contributed by atoms with Gasteiger partial charge in [0, 0.05) is 11.9 Å². The van der Waals surface area contributed by atoms with Gasteiger partial charge in [-0.05, 0) is 24.5 Å². The molecule has 0 saturated carbocycles. The van der Waals surface area contributed by atoms with E-state index in [0.717, 1.165) is 0 Å². The van der Waals surface area contributed by atoms with Gasteiger partial charge < -0.3 is 5.11 Å². The highest BCUT2D eigenvalue weighted by atomic mass is 32.2. The van der Waals surface area contributed by atoms with Gasteiger partial charge in [0.25, 0.3) is 0 Å². The molecule has 3 nitrogen and oxygen atoms in total. The first-order valence-corrected chi connectivity index (χ1v) is 7.52. The first kappa shape index (κ1) is 14.2. The summed E-state index contributed by atoms with van der Waals surface area (Å²) < 4.78 is 16.6. The Morgan fingerprint density at radius 3 is 2.35 bits per heavy atom. The molecule has 1 aromatic rings. The van der Waals surface area contributed by atoms with Gasteiger partial charge in [-0.15, -0.1) is 0 Å². The molecule has 0 spiro atoms. The molecule has 0 saturated heterocycles. The number of aliphatic hydroxyl groups is 1. The Bertz CT molecular complexity index is 448. The number of benzene rings is 1. The summed E-state index contributed by atoms with van der Waals surface area (Å²) in [4.78, 5) is 0.699. The molecule has 0 heterocycles. The van der Waals surface area contributed by atoms with Crippen molar-refractivity contribution in [3.8, 4) is 0 Å². The fraction of sp³-hybridized carbons (Fsp3) is 0.538. The van der Waals surface area contributed by atoms with Crippen molar-refractivity contribution in [3.05, 3.63) is 30.3 Å². The standard InChI is InChI=1S/C13H21NO2S/c1-11(2)9-12(15)10-17(16,14-3)13-7-5-4-6-8-13/h4-8,11-12,15H,9-10H2,1-3H3/t12-,17?/m1/s1. The second kappa shape index (κ2) is 6.17. The number of hydrogen-bond donors (Lipinski definition) is 1. The van der Waals surface area contributed by atoms with E-state index in [0.29, 0.717) is 17.2 Å². The lowest BCUT2D eigenvalue weighted by atomic mass is 10.1. The van der Waals surface area contributed by atoms with E-state index < -0.39 is 15.8 Å². The summed E-state index contributed by atoms with van der Waals surface area (Å²) >= 11 is 0. The fourth-order valence-electron chi connectivity index (χ4n) is 1.78. The van der Waals surface area contributed by atoms with E-state index >= 15 is 0 Å². The quantitative estimate of drug-likeness (QED) is 0.879. The minimum Gasteiger partial charge on any atom is -0.392 e. The van der Waals surface area contributed by atoms with Crippen LogP contribution in [0.5, 0.6) is 0 Å². The summed E-state index contributed by atoms with van der Waals surface area (Å²) in [7, 11) is -0.923. The molecular formula is C13H21NO2S. The van der Waals surface area contributed by atoms with E-state index in [9.17, 15) is 9.32 Å². The third kappa shape index (κ3) is 4.13. The lowest BCUT2D eigenvalue weighted by molar-refractivity contribution is 0.171. The summed E-state index contributed by atoms with van der Waals surface area (Å²) in [5, 5.41) is 9.91. The minimum atomic E-state index is -2.48. The van der Waals surface area contributed by atoms with Crippen LogP contribution in [-0.4, -0.2) is 28.2 Å². The third-order valence-electron chi connectivity index (χ3n) is 2.57. The summed E-state index contributed by atoms with van der Waals surface area (Å²) in [5.41, 5.74) is 0. The van der Waals surface area contributed by atoms with Gasteiger partial charge in [0.15, 0.2) is 0 Å². The Hall–Kier alpha value is -0.870. The molecule has 0 amide bonds. The number of rotatable bonds is 5. The molecule has 1 rings (SSSR count). The molecule has 0 bridgehead atoms. The fourth-order valence-corrected chi connectivity index (χ4v) is 3.57. The molecule has 0 aliphatic heterocycles. The molecule has 2 atom stereocenters. The van der Waals surface area contributed by atoms with Crippen molar-refractivity contribution >= 4 is 9.73 Å². The lowest BCUT2D eigenvalue weighted by Gasteiger charge is -2.16. The van der Waals surface area contributed by atoms with Gasteiger partial charge in [0.05, 0.1) is 21.6 Å². The molecule has 0 aliphatic rings. The van der Waals surface area contributed by atoms with Crippen LogP contribution in [0.3, 0.4) is 0 Å². The third-order valence-corrected chi connectivity index (χ3v) is 5.00. The molecular weight excluding hydrogens is 234 g/mol. The molecule has 17 heavy (non-hydrogen) atoms. The zero-order valence-corrected chi connectivity index (χ0v) is 11.5. The van der Waals surface area contributed by atoms with E-state index in [1.165, 1.54) is 0 Å². The van der Waals surface area contributed by atoms with Crippen molar-refractivity contribution in [2.45, 2.75) is 31.3 Å². The Morgan fingerprint density at radius 2 is 1.88 bits per heavy atom. The normalized spacial score (nSPS) is 16.5. The predicted molar refractivity (Wildman–Crippen MR) is 71.5 cm³/mol. The average molecular weight is 255 g/mol. The Morgan fingerprint density at radius 1 is 1.29 bits per heavy atom. The van der Waals surface area contributed by atoms with Crippen LogP contribution in [0.25, 0.3) is 0 Å². The predicted octanol–water partition coefficient (Wildman–Crippen LogP) is 2.55. The van der Waals surface area contributed by atoms with E-state index in [1.54, 1.807) is 19.2 Å². The molecule has 4 heteroatoms. The van der Waals surface area contributed by atoms with Crippen molar-refractivity contribution in [3.63, 3.8) is 0 Å². The molecule has 0 radical (unpaired) electrons. The first-order chi connectivity index (χ1) is 7.98. The largest absolute Gasteiger partial charge is 0.392 e. The topological polar surface area (TPSA) is 49.7 Å². The smallest absolute Gasteiger partial charge is 0.0774 e. The zero-order valence-electron chi connectivity index (χ0n) is 10.7. The Kier molecular flexibility index (Phi) is 5.15. The van der Waals surface area contributed by atoms with Crippen LogP contribution in [0.1, 0.15) is 20.3 Å². The maximum atomic E-state index is 12.6. The molecule has 0 fully saturated rings. The van der Waals surface area contributed by atoms with Gasteiger partial charge in [0.1, 0.15) is 0 Å². The zero-order chi connectivity index (χ0) is 12.9. The van der Waals surface area contributed by atoms with Crippen LogP contribution in [-0.2, 0) is 9.73 Å². The minimum absolute atomic E-state index is 0.214. The maximum Gasteiger partial charge on any atom is 0.0774 e. The molecule has 1 aromatic carbocycles. The van der Waals surface area contributed by atoms with E-state index in [-0.39, 0.29) is 5.75 Å². The van der Waals surface area contributed by atoms with Gasteiger partial charge >= 0.3 is 0 Å². The maximum absolute atomic E-state index is 12.6. The summed E-state index contributed by atoms with van der Waals surface area (Å²) in [6.45, 7) is 4.08. The van der Waals surface area contributed by atoms with Crippen molar-refractivity contribution < 1.29 is 9.32 Å². The van der Waals surface area contributed by atoms with Crippen LogP contribution in [0.15, 0.2) is 39.6 Å². The van der Waals surface area contributed by atoms with Gasteiger partial charge in [0.2, 0.25) is 0 Å². The number of nitrogens with zero attached hydrogens (tertiary/aromatic N) is 1. The molecule has 1 unspecified atom stereocenters. The second-order valence-corrected chi connectivity index (χ2v) is 7.04. The average Bonchev–Trinajstić information content (AvgIpc) is 2.29. The molecule has 0 aliphatic carbocycles. The van der Waals surface area contributed by atoms with Crippen molar-refractivity contribution in [1.82, 2.24) is 0 Å². The second-order valence-electron chi connectivity index (χ2n) is 4.59. The van der Waals surface area contributed by atoms with Gasteiger partial charge in [-0.3, -0.25) is 0 Å². The van der Waals surface area contributed by atoms with Gasteiger partial charge in [-0.25, -0.2) is 8.57 Å². The SMILES string of the molecule is CN=S(=O)(C[C@H](O)CC(C)C)c1ccccc1. The Labute approximate surface area is 104 Å². The monoisotopic (exact) mass is 255 g/mol. The van der Waals surface area contributed by atoms with E-state index in [4.69, 9.17) is 0 Å². The van der Waals surface area contributed by atoms with Gasteiger partial charge in [-0.1, -0.05) is 32.0 Å². The highest BCUT2D eigenvalue weighted by molar-refractivity contribution is 7.93. The summed E-state index contributed by atoms with van der Waals surface area (Å²) in [5.74, 6) is 0.604. The highest BCUT2D eigenvalue weighted by Crippen LogP contribution is 2.16. The van der Waals surface area contributed by atoms with Gasteiger partial charge in [-0.2, -0.15) is 0 Å². The molecule has 96 valence electrons. The van der Waals surface area contributed by atoms with Crippen LogP contribution in [0, 0.1) is 5.92 Å². The summed E-state index contributed by atoms with van der Waals surface area (Å²) in [6, 6.07) is 9.17. The number of hydrogen-bond acceptors (Lipinski definition) is 3. The molecule has 0 aromatic heterocycles. The van der Waals surface area contributed by atoms with Crippen LogP contribution < -0.4 is 0 Å². The lowest BCUT2D eigenvalue weighted by Crippen LogP contribution is -2.22. The van der Waals surface area contributed by atoms with Crippen LogP contribution in [0.2, 0.25) is 0 Å². The van der Waals surface area contributed by atoms with Crippen molar-refractivity contribution in [2.24, 2.45) is 10.3 Å². The number of aliphatic hydroxyl groups excluding tert-OH is 1.